The van der Waals surface area contributed by atoms with Gasteiger partial charge in [-0.15, -0.1) is 0 Å². The molecule has 1 N–H and O–H groups in total. The summed E-state index contributed by atoms with van der Waals surface area (Å²) in [5.74, 6) is 1.51. The number of nitrogens with one attached hydrogen (secondary N) is 1. The van der Waals surface area contributed by atoms with Crippen LogP contribution in [0.4, 0.5) is 5.69 Å². The van der Waals surface area contributed by atoms with Crippen LogP contribution in [0.2, 0.25) is 0 Å². The summed E-state index contributed by atoms with van der Waals surface area (Å²) in [7, 11) is 0. The maximum absolute atomic E-state index is 12.6. The summed E-state index contributed by atoms with van der Waals surface area (Å²) in [6, 6.07) is 20.7. The van der Waals surface area contributed by atoms with Crippen LogP contribution in [-0.2, 0) is 0 Å². The number of oxazole rings is 1. The third-order valence-electron chi connectivity index (χ3n) is 4.93. The lowest BCUT2D eigenvalue weighted by molar-refractivity contribution is 0.102. The summed E-state index contributed by atoms with van der Waals surface area (Å²) in [6.45, 7) is 8.24. The second kappa shape index (κ2) is 8.64. The van der Waals surface area contributed by atoms with E-state index in [1.165, 1.54) is 5.56 Å². The molecule has 5 heteroatoms. The van der Waals surface area contributed by atoms with Gasteiger partial charge in [0.1, 0.15) is 11.3 Å². The van der Waals surface area contributed by atoms with E-state index in [0.717, 1.165) is 22.4 Å². The maximum Gasteiger partial charge on any atom is 0.255 e. The molecule has 0 bridgehead atoms. The first-order valence-corrected chi connectivity index (χ1v) is 10.5. The molecular weight excluding hydrogens is 388 g/mol. The zero-order valence-electron chi connectivity index (χ0n) is 18.2. The van der Waals surface area contributed by atoms with Gasteiger partial charge in [-0.05, 0) is 79.9 Å². The van der Waals surface area contributed by atoms with Crippen LogP contribution in [-0.4, -0.2) is 17.0 Å². The van der Waals surface area contributed by atoms with Crippen LogP contribution < -0.4 is 10.1 Å². The fraction of sp³-hybridized carbons (Fsp3) is 0.231. The molecule has 0 unspecified atom stereocenters. The number of amides is 1. The lowest BCUT2D eigenvalue weighted by Gasteiger charge is -2.10. The molecule has 0 atom stereocenters. The van der Waals surface area contributed by atoms with Gasteiger partial charge in [-0.3, -0.25) is 4.79 Å². The molecule has 0 saturated carbocycles. The van der Waals surface area contributed by atoms with Crippen molar-refractivity contribution in [3.05, 3.63) is 77.9 Å². The highest BCUT2D eigenvalue weighted by Gasteiger charge is 2.12. The van der Waals surface area contributed by atoms with Crippen molar-refractivity contribution < 1.29 is 13.9 Å². The van der Waals surface area contributed by atoms with E-state index in [1.54, 1.807) is 24.3 Å². The fourth-order valence-electron chi connectivity index (χ4n) is 3.32. The van der Waals surface area contributed by atoms with Crippen molar-refractivity contribution in [2.75, 3.05) is 5.32 Å². The first-order valence-electron chi connectivity index (χ1n) is 10.5. The largest absolute Gasteiger partial charge is 0.491 e. The Morgan fingerprint density at radius 2 is 1.74 bits per heavy atom. The number of rotatable bonds is 6. The van der Waals surface area contributed by atoms with E-state index >= 15 is 0 Å². The van der Waals surface area contributed by atoms with Crippen molar-refractivity contribution >= 4 is 22.7 Å². The molecule has 0 saturated heterocycles. The number of benzene rings is 3. The Kier molecular flexibility index (Phi) is 5.76. The molecule has 1 aromatic heterocycles. The highest BCUT2D eigenvalue weighted by molar-refractivity contribution is 6.04. The first-order chi connectivity index (χ1) is 14.9. The number of fused-ring (bicyclic) bond motifs is 1. The molecular formula is C26H26N2O3. The number of nitrogens with zero attached hydrogens (tertiary/aromatic N) is 1. The minimum atomic E-state index is -0.188. The van der Waals surface area contributed by atoms with Gasteiger partial charge in [-0.1, -0.05) is 26.0 Å². The monoisotopic (exact) mass is 414 g/mol. The van der Waals surface area contributed by atoms with Crippen LogP contribution >= 0.6 is 0 Å². The van der Waals surface area contributed by atoms with Crippen molar-refractivity contribution in [1.29, 1.82) is 0 Å². The summed E-state index contributed by atoms with van der Waals surface area (Å²) in [4.78, 5) is 17.3. The predicted molar refractivity (Wildman–Crippen MR) is 124 cm³/mol. The van der Waals surface area contributed by atoms with Gasteiger partial charge >= 0.3 is 0 Å². The average molecular weight is 415 g/mol. The Morgan fingerprint density at radius 3 is 2.45 bits per heavy atom. The summed E-state index contributed by atoms with van der Waals surface area (Å²) in [6.07, 6.45) is 0.0891. The van der Waals surface area contributed by atoms with Gasteiger partial charge in [0.2, 0.25) is 5.89 Å². The normalized spacial score (nSPS) is 11.3. The highest BCUT2D eigenvalue weighted by Crippen LogP contribution is 2.28. The van der Waals surface area contributed by atoms with Crippen molar-refractivity contribution in [3.8, 4) is 17.2 Å². The zero-order chi connectivity index (χ0) is 22.0. The van der Waals surface area contributed by atoms with Gasteiger partial charge in [0.15, 0.2) is 5.58 Å². The van der Waals surface area contributed by atoms with Crippen molar-refractivity contribution in [2.45, 2.75) is 39.7 Å². The van der Waals surface area contributed by atoms with Gasteiger partial charge in [-0.2, -0.15) is 0 Å². The molecule has 1 amide bonds. The Bertz CT molecular complexity index is 1210. The van der Waals surface area contributed by atoms with Gasteiger partial charge < -0.3 is 14.5 Å². The minimum absolute atomic E-state index is 0.0891. The van der Waals surface area contributed by atoms with Crippen molar-refractivity contribution in [1.82, 2.24) is 4.98 Å². The fourth-order valence-corrected chi connectivity index (χ4v) is 3.32. The SMILES string of the molecule is CC(C)Oc1ccc(C(=O)Nc2cccc(-c3nc4cc(C(C)C)ccc4o3)c2)cc1. The third kappa shape index (κ3) is 4.77. The molecule has 4 rings (SSSR count). The van der Waals surface area contributed by atoms with E-state index in [9.17, 15) is 4.79 Å². The summed E-state index contributed by atoms with van der Waals surface area (Å²) in [5.41, 5.74) is 4.84. The topological polar surface area (TPSA) is 64.4 Å². The van der Waals surface area contributed by atoms with Crippen LogP contribution in [0.1, 0.15) is 49.5 Å². The van der Waals surface area contributed by atoms with E-state index < -0.39 is 0 Å². The molecule has 0 spiro atoms. The lowest BCUT2D eigenvalue weighted by Crippen LogP contribution is -2.12. The van der Waals surface area contributed by atoms with Crippen molar-refractivity contribution in [2.24, 2.45) is 0 Å². The van der Waals surface area contributed by atoms with Crippen molar-refractivity contribution in [3.63, 3.8) is 0 Å². The lowest BCUT2D eigenvalue weighted by atomic mass is 10.0. The number of aromatic nitrogens is 1. The summed E-state index contributed by atoms with van der Waals surface area (Å²) < 4.78 is 11.6. The van der Waals surface area contributed by atoms with Crippen LogP contribution in [0.25, 0.3) is 22.6 Å². The summed E-state index contributed by atoms with van der Waals surface area (Å²) in [5, 5.41) is 2.94. The van der Waals surface area contributed by atoms with Crippen LogP contribution in [0.15, 0.2) is 71.1 Å². The third-order valence-corrected chi connectivity index (χ3v) is 4.93. The zero-order valence-corrected chi connectivity index (χ0v) is 18.2. The first kappa shape index (κ1) is 20.7. The molecule has 0 aliphatic rings. The van der Waals surface area contributed by atoms with Gasteiger partial charge in [0, 0.05) is 16.8 Å². The number of carbonyl (C=O) groups excluding carboxylic acids is 1. The van der Waals surface area contributed by atoms with Crippen LogP contribution in [0, 0.1) is 0 Å². The number of carbonyl (C=O) groups is 1. The molecule has 0 aliphatic heterocycles. The Hall–Kier alpha value is -3.60. The molecule has 31 heavy (non-hydrogen) atoms. The number of anilines is 1. The molecule has 0 radical (unpaired) electrons. The summed E-state index contributed by atoms with van der Waals surface area (Å²) >= 11 is 0. The maximum atomic E-state index is 12.6. The van der Waals surface area contributed by atoms with Crippen LogP contribution in [0.3, 0.4) is 0 Å². The van der Waals surface area contributed by atoms with Gasteiger partial charge in [0.05, 0.1) is 6.10 Å². The molecule has 4 aromatic rings. The van der Waals surface area contributed by atoms with E-state index in [4.69, 9.17) is 9.15 Å². The smallest absolute Gasteiger partial charge is 0.255 e. The molecule has 3 aromatic carbocycles. The molecule has 1 heterocycles. The predicted octanol–water partition coefficient (Wildman–Crippen LogP) is 6.66. The van der Waals surface area contributed by atoms with E-state index in [-0.39, 0.29) is 12.0 Å². The Morgan fingerprint density at radius 1 is 0.968 bits per heavy atom. The van der Waals surface area contributed by atoms with E-state index in [1.807, 2.05) is 44.2 Å². The Balaban J connectivity index is 1.53. The molecule has 158 valence electrons. The van der Waals surface area contributed by atoms with E-state index in [2.05, 4.69) is 36.3 Å². The Labute approximate surface area is 182 Å². The number of hydrogen-bond acceptors (Lipinski definition) is 4. The molecule has 5 nitrogen and oxygen atoms in total. The second-order valence-electron chi connectivity index (χ2n) is 8.13. The van der Waals surface area contributed by atoms with Gasteiger partial charge in [-0.25, -0.2) is 4.98 Å². The van der Waals surface area contributed by atoms with Crippen LogP contribution in [0.5, 0.6) is 5.75 Å². The second-order valence-corrected chi connectivity index (χ2v) is 8.13. The standard InChI is InChI=1S/C26H26N2O3/c1-16(2)19-10-13-24-23(15-19)28-26(31-24)20-6-5-7-21(14-20)27-25(29)18-8-11-22(12-9-18)30-17(3)4/h5-17H,1-4H3,(H,27,29). The average Bonchev–Trinajstić information content (AvgIpc) is 3.17. The minimum Gasteiger partial charge on any atom is -0.491 e. The number of ether oxygens (including phenoxy) is 1. The quantitative estimate of drug-likeness (QED) is 0.383. The molecule has 0 aliphatic carbocycles. The molecule has 0 fully saturated rings. The van der Waals surface area contributed by atoms with Gasteiger partial charge in [0.25, 0.3) is 5.91 Å². The van der Waals surface area contributed by atoms with E-state index in [0.29, 0.717) is 23.1 Å². The highest BCUT2D eigenvalue weighted by atomic mass is 16.5. The number of hydrogen-bond donors (Lipinski definition) is 1.